The van der Waals surface area contributed by atoms with Gasteiger partial charge in [0.2, 0.25) is 29.5 Å². The summed E-state index contributed by atoms with van der Waals surface area (Å²) < 4.78 is 0. The van der Waals surface area contributed by atoms with Gasteiger partial charge < -0.3 is 48.3 Å². The molecule has 17 heteroatoms. The van der Waals surface area contributed by atoms with Crippen molar-refractivity contribution in [3.05, 3.63) is 18.2 Å². The van der Waals surface area contributed by atoms with Crippen LogP contribution in [0.15, 0.2) is 12.5 Å². The molecule has 4 atom stereocenters. The second-order valence-corrected chi connectivity index (χ2v) is 8.02. The highest BCUT2D eigenvalue weighted by molar-refractivity contribution is 5.95. The Bertz CT molecular complexity index is 998. The van der Waals surface area contributed by atoms with Crippen molar-refractivity contribution in [1.29, 1.82) is 0 Å². The normalized spacial score (nSPS) is 13.9. The van der Waals surface area contributed by atoms with E-state index in [1.807, 2.05) is 5.32 Å². The number of primary amides is 2. The van der Waals surface area contributed by atoms with Crippen LogP contribution < -0.4 is 33.2 Å². The number of aliphatic carboxylic acids is 2. The number of hydrogen-bond acceptors (Lipinski definition) is 9. The fourth-order valence-corrected chi connectivity index (χ4v) is 3.01. The summed E-state index contributed by atoms with van der Waals surface area (Å²) in [6.45, 7) is 0. The van der Waals surface area contributed by atoms with E-state index in [1.165, 1.54) is 12.5 Å². The Hall–Kier alpha value is -4.54. The molecule has 0 saturated heterocycles. The van der Waals surface area contributed by atoms with E-state index in [-0.39, 0.29) is 32.1 Å². The van der Waals surface area contributed by atoms with Crippen LogP contribution in [0.3, 0.4) is 0 Å². The summed E-state index contributed by atoms with van der Waals surface area (Å²) in [6, 6.07) is -5.85. The molecule has 0 saturated carbocycles. The highest BCUT2D eigenvalue weighted by Gasteiger charge is 2.31. The number of nitrogens with one attached hydrogen (secondary N) is 4. The molecule has 1 aromatic rings. The fraction of sp³-hybridized carbons (Fsp3) is 0.500. The van der Waals surface area contributed by atoms with Crippen molar-refractivity contribution in [1.82, 2.24) is 25.9 Å². The predicted molar refractivity (Wildman–Crippen MR) is 123 cm³/mol. The topological polar surface area (TPSA) is 303 Å². The monoisotopic (exact) mass is 526 g/mol. The van der Waals surface area contributed by atoms with Gasteiger partial charge in [0.05, 0.1) is 18.8 Å². The lowest BCUT2D eigenvalue weighted by atomic mass is 10.1. The van der Waals surface area contributed by atoms with E-state index in [9.17, 15) is 38.7 Å². The van der Waals surface area contributed by atoms with E-state index < -0.39 is 72.1 Å². The summed E-state index contributed by atoms with van der Waals surface area (Å²) in [4.78, 5) is 89.3. The smallest absolute Gasteiger partial charge is 0.326 e. The van der Waals surface area contributed by atoms with Crippen molar-refractivity contribution < 1.29 is 43.8 Å². The molecular weight excluding hydrogens is 496 g/mol. The Kier molecular flexibility index (Phi) is 12.2. The highest BCUT2D eigenvalue weighted by Crippen LogP contribution is 2.05. The number of aromatic nitrogens is 2. The number of carbonyl (C=O) groups is 7. The zero-order valence-corrected chi connectivity index (χ0v) is 19.6. The molecule has 1 heterocycles. The molecule has 5 amide bonds. The van der Waals surface area contributed by atoms with Crippen molar-refractivity contribution in [2.45, 2.75) is 62.7 Å². The second-order valence-electron chi connectivity index (χ2n) is 8.02. The summed E-state index contributed by atoms with van der Waals surface area (Å²) in [5.74, 6) is -7.44. The summed E-state index contributed by atoms with van der Waals surface area (Å²) in [6.07, 6.45) is 0.605. The van der Waals surface area contributed by atoms with E-state index in [4.69, 9.17) is 22.3 Å². The number of rotatable bonds is 17. The van der Waals surface area contributed by atoms with Crippen LogP contribution in [0.4, 0.5) is 0 Å². The molecule has 1 rings (SSSR count). The van der Waals surface area contributed by atoms with Crippen LogP contribution >= 0.6 is 0 Å². The quantitative estimate of drug-likeness (QED) is 0.0937. The van der Waals surface area contributed by atoms with Gasteiger partial charge in [-0.25, -0.2) is 9.78 Å². The Morgan fingerprint density at radius 3 is 1.89 bits per heavy atom. The molecule has 37 heavy (non-hydrogen) atoms. The summed E-state index contributed by atoms with van der Waals surface area (Å²) >= 11 is 0. The molecule has 0 bridgehead atoms. The third-order valence-electron chi connectivity index (χ3n) is 4.96. The number of carboxylic acid groups (broad SMARTS) is 2. The molecular formula is C20H30N8O9. The molecule has 17 nitrogen and oxygen atoms in total. The van der Waals surface area contributed by atoms with Gasteiger partial charge >= 0.3 is 11.9 Å². The minimum Gasteiger partial charge on any atom is -0.481 e. The molecule has 0 fully saturated rings. The van der Waals surface area contributed by atoms with Crippen LogP contribution in [0.25, 0.3) is 0 Å². The number of H-pyrrole nitrogens is 1. The summed E-state index contributed by atoms with van der Waals surface area (Å²) in [5, 5.41) is 24.8. The summed E-state index contributed by atoms with van der Waals surface area (Å²) in [5.41, 5.74) is 16.3. The molecule has 1 aromatic heterocycles. The minimum absolute atomic E-state index is 0.0939. The lowest BCUT2D eigenvalue weighted by Gasteiger charge is -2.24. The van der Waals surface area contributed by atoms with Gasteiger partial charge in [-0.1, -0.05) is 0 Å². The lowest BCUT2D eigenvalue weighted by molar-refractivity contribution is -0.147. The molecule has 0 aliphatic rings. The van der Waals surface area contributed by atoms with Gasteiger partial charge in [-0.3, -0.25) is 28.8 Å². The van der Waals surface area contributed by atoms with E-state index in [0.29, 0.717) is 5.69 Å². The first-order valence-electron chi connectivity index (χ1n) is 10.9. The Balaban J connectivity index is 3.08. The second kappa shape index (κ2) is 14.8. The van der Waals surface area contributed by atoms with Crippen molar-refractivity contribution >= 4 is 41.5 Å². The number of aromatic amines is 1. The van der Waals surface area contributed by atoms with Gasteiger partial charge in [-0.15, -0.1) is 0 Å². The SMILES string of the molecule is NC(=O)CCC(N)C(=O)NC(Cc1cnc[nH]1)C(=O)NC(CCC(N)=O)C(=O)NC(CC(=O)O)C(=O)O. The number of carbonyl (C=O) groups excluding carboxylic acids is 5. The van der Waals surface area contributed by atoms with Crippen molar-refractivity contribution in [3.8, 4) is 0 Å². The van der Waals surface area contributed by atoms with Crippen LogP contribution in [0.5, 0.6) is 0 Å². The van der Waals surface area contributed by atoms with Crippen LogP contribution in [0, 0.1) is 0 Å². The molecule has 0 radical (unpaired) electrons. The third-order valence-corrected chi connectivity index (χ3v) is 4.96. The van der Waals surface area contributed by atoms with Gasteiger partial charge in [-0.05, 0) is 12.8 Å². The number of carboxylic acids is 2. The first kappa shape index (κ1) is 30.5. The zero-order chi connectivity index (χ0) is 28.1. The lowest BCUT2D eigenvalue weighted by Crippen LogP contribution is -2.58. The third kappa shape index (κ3) is 11.6. The van der Waals surface area contributed by atoms with Crippen LogP contribution in [-0.2, 0) is 40.0 Å². The van der Waals surface area contributed by atoms with E-state index in [2.05, 4.69) is 20.6 Å². The Morgan fingerprint density at radius 1 is 0.838 bits per heavy atom. The maximum Gasteiger partial charge on any atom is 0.326 e. The van der Waals surface area contributed by atoms with Crippen molar-refractivity contribution in [3.63, 3.8) is 0 Å². The van der Waals surface area contributed by atoms with Crippen molar-refractivity contribution in [2.75, 3.05) is 0 Å². The minimum atomic E-state index is -1.82. The zero-order valence-electron chi connectivity index (χ0n) is 19.6. The molecule has 204 valence electrons. The number of nitrogens with zero attached hydrogens (tertiary/aromatic N) is 1. The predicted octanol–water partition coefficient (Wildman–Crippen LogP) is -4.18. The molecule has 0 aliphatic heterocycles. The first-order chi connectivity index (χ1) is 17.3. The van der Waals surface area contributed by atoms with Gasteiger partial charge in [0.15, 0.2) is 0 Å². The Morgan fingerprint density at radius 2 is 1.38 bits per heavy atom. The molecule has 12 N–H and O–H groups in total. The van der Waals surface area contributed by atoms with E-state index in [1.54, 1.807) is 0 Å². The van der Waals surface area contributed by atoms with Gasteiger partial charge in [0, 0.05) is 31.2 Å². The molecule has 0 aliphatic carbocycles. The average Bonchev–Trinajstić information content (AvgIpc) is 3.31. The van der Waals surface area contributed by atoms with Crippen LogP contribution in [0.1, 0.15) is 37.8 Å². The number of imidazole rings is 1. The van der Waals surface area contributed by atoms with Crippen LogP contribution in [-0.4, -0.2) is 85.8 Å². The average molecular weight is 527 g/mol. The van der Waals surface area contributed by atoms with Crippen molar-refractivity contribution in [2.24, 2.45) is 17.2 Å². The molecule has 4 unspecified atom stereocenters. The number of amides is 5. The van der Waals surface area contributed by atoms with E-state index in [0.717, 1.165) is 0 Å². The standard InChI is InChI=1S/C20H30N8O9/c21-10(1-3-14(22)29)17(33)27-12(5-9-7-24-8-25-9)19(35)26-11(2-4-15(23)30)18(34)28-13(20(36)37)6-16(31)32/h7-8,10-13H,1-6,21H2,(H2,22,29)(H2,23,30)(H,24,25)(H,26,35)(H,27,33)(H,28,34)(H,31,32)(H,36,37). The fourth-order valence-electron chi connectivity index (χ4n) is 3.01. The van der Waals surface area contributed by atoms with Gasteiger partial charge in [0.25, 0.3) is 0 Å². The van der Waals surface area contributed by atoms with Crippen LogP contribution in [0.2, 0.25) is 0 Å². The number of hydrogen-bond donors (Lipinski definition) is 9. The molecule has 0 spiro atoms. The molecule has 0 aromatic carbocycles. The maximum absolute atomic E-state index is 13.1. The highest BCUT2D eigenvalue weighted by atomic mass is 16.4. The van der Waals surface area contributed by atoms with Gasteiger partial charge in [0.1, 0.15) is 18.1 Å². The van der Waals surface area contributed by atoms with E-state index >= 15 is 0 Å². The van der Waals surface area contributed by atoms with Gasteiger partial charge in [-0.2, -0.15) is 0 Å². The number of nitrogens with two attached hydrogens (primary N) is 3. The first-order valence-corrected chi connectivity index (χ1v) is 10.9. The largest absolute Gasteiger partial charge is 0.481 e. The maximum atomic E-state index is 13.1. The Labute approximate surface area is 209 Å². The summed E-state index contributed by atoms with van der Waals surface area (Å²) in [7, 11) is 0.